The summed E-state index contributed by atoms with van der Waals surface area (Å²) in [6.45, 7) is 6.65. The van der Waals surface area contributed by atoms with Crippen LogP contribution in [0.4, 0.5) is 0 Å². The second-order valence-electron chi connectivity index (χ2n) is 3.79. The fourth-order valence-electron chi connectivity index (χ4n) is 1.32. The molecule has 0 atom stereocenters. The van der Waals surface area contributed by atoms with Crippen molar-refractivity contribution in [2.24, 2.45) is 10.9 Å². The Balaban J connectivity index is 3.79. The Morgan fingerprint density at radius 1 is 1.24 bits per heavy atom. The minimum atomic E-state index is 0.252. The van der Waals surface area contributed by atoms with E-state index in [9.17, 15) is 0 Å². The normalized spacial score (nSPS) is 12.3. The average Bonchev–Trinajstić information content (AvgIpc) is 2.36. The molecule has 0 spiro atoms. The summed E-state index contributed by atoms with van der Waals surface area (Å²) in [4.78, 5) is 2.18. The largest absolute Gasteiger partial charge is 0.409 e. The molecule has 3 N–H and O–H groups in total. The topological polar surface area (TPSA) is 80.3 Å². The number of hydrogen-bond acceptors (Lipinski definition) is 5. The summed E-state index contributed by atoms with van der Waals surface area (Å²) in [7, 11) is 1.68. The lowest BCUT2D eigenvalue weighted by atomic mass is 10.3. The Hall–Kier alpha value is -0.850. The summed E-state index contributed by atoms with van der Waals surface area (Å²) in [6, 6.07) is 0. The van der Waals surface area contributed by atoms with Gasteiger partial charge in [0.15, 0.2) is 0 Å². The highest BCUT2D eigenvalue weighted by Gasteiger charge is 2.05. The predicted octanol–water partition coefficient (Wildman–Crippen LogP) is 0.498. The van der Waals surface area contributed by atoms with Gasteiger partial charge in [-0.3, -0.25) is 4.90 Å². The van der Waals surface area contributed by atoms with Gasteiger partial charge in [0, 0.05) is 39.8 Å². The molecule has 0 aliphatic carbocycles. The van der Waals surface area contributed by atoms with Crippen molar-refractivity contribution < 1.29 is 14.7 Å². The highest BCUT2D eigenvalue weighted by molar-refractivity contribution is 5.79. The number of amidine groups is 1. The van der Waals surface area contributed by atoms with Crippen LogP contribution >= 0.6 is 0 Å². The molecule has 0 aromatic carbocycles. The molecule has 0 saturated heterocycles. The molecule has 0 unspecified atom stereocenters. The molecule has 0 bridgehead atoms. The summed E-state index contributed by atoms with van der Waals surface area (Å²) in [6.07, 6.45) is 1.58. The maximum Gasteiger partial charge on any atom is 0.140 e. The molecule has 0 aliphatic heterocycles. The summed E-state index contributed by atoms with van der Waals surface area (Å²) >= 11 is 0. The molecule has 0 saturated carbocycles. The minimum absolute atomic E-state index is 0.252. The van der Waals surface area contributed by atoms with Crippen molar-refractivity contribution in [2.45, 2.75) is 19.8 Å². The van der Waals surface area contributed by atoms with E-state index in [0.29, 0.717) is 19.6 Å². The van der Waals surface area contributed by atoms with Gasteiger partial charge < -0.3 is 20.4 Å². The molecular weight excluding hydrogens is 222 g/mol. The highest BCUT2D eigenvalue weighted by Crippen LogP contribution is 1.93. The van der Waals surface area contributed by atoms with Gasteiger partial charge in [0.25, 0.3) is 0 Å². The molecule has 102 valence electrons. The van der Waals surface area contributed by atoms with E-state index in [-0.39, 0.29) is 5.84 Å². The zero-order valence-corrected chi connectivity index (χ0v) is 10.9. The summed E-state index contributed by atoms with van der Waals surface area (Å²) in [5, 5.41) is 11.4. The Kier molecular flexibility index (Phi) is 11.0. The number of methoxy groups -OCH3 is 1. The fraction of sp³-hybridized carbons (Fsp3) is 0.909. The van der Waals surface area contributed by atoms with E-state index < -0.39 is 0 Å². The van der Waals surface area contributed by atoms with Crippen LogP contribution < -0.4 is 5.73 Å². The third-order valence-corrected chi connectivity index (χ3v) is 2.32. The third kappa shape index (κ3) is 10.0. The number of oxime groups is 1. The van der Waals surface area contributed by atoms with E-state index in [1.165, 1.54) is 0 Å². The van der Waals surface area contributed by atoms with Gasteiger partial charge in [-0.1, -0.05) is 12.1 Å². The first-order valence-electron chi connectivity index (χ1n) is 6.00. The molecule has 0 aromatic heterocycles. The minimum Gasteiger partial charge on any atom is -0.409 e. The molecular formula is C11H25N3O3. The first-order valence-corrected chi connectivity index (χ1v) is 6.00. The van der Waals surface area contributed by atoms with Gasteiger partial charge >= 0.3 is 0 Å². The fourth-order valence-corrected chi connectivity index (χ4v) is 1.32. The lowest BCUT2D eigenvalue weighted by molar-refractivity contribution is 0.0896. The number of hydrogen-bond donors (Lipinski definition) is 2. The van der Waals surface area contributed by atoms with Crippen LogP contribution in [0.5, 0.6) is 0 Å². The van der Waals surface area contributed by atoms with Crippen LogP contribution in [0.2, 0.25) is 0 Å². The average molecular weight is 247 g/mol. The van der Waals surface area contributed by atoms with Crippen molar-refractivity contribution in [1.82, 2.24) is 4.90 Å². The van der Waals surface area contributed by atoms with E-state index in [1.807, 2.05) is 0 Å². The van der Waals surface area contributed by atoms with Gasteiger partial charge in [-0.2, -0.15) is 0 Å². The zero-order valence-electron chi connectivity index (χ0n) is 10.9. The van der Waals surface area contributed by atoms with Crippen molar-refractivity contribution in [3.63, 3.8) is 0 Å². The second kappa shape index (κ2) is 11.6. The molecule has 0 aromatic rings. The molecule has 0 heterocycles. The predicted molar refractivity (Wildman–Crippen MR) is 67.5 cm³/mol. The molecule has 6 nitrogen and oxygen atoms in total. The third-order valence-electron chi connectivity index (χ3n) is 2.32. The number of rotatable bonds is 11. The first kappa shape index (κ1) is 16.1. The van der Waals surface area contributed by atoms with Crippen LogP contribution in [0.25, 0.3) is 0 Å². The number of nitrogens with two attached hydrogens (primary N) is 1. The molecule has 0 radical (unpaired) electrons. The van der Waals surface area contributed by atoms with E-state index in [4.69, 9.17) is 20.4 Å². The zero-order chi connectivity index (χ0) is 12.9. The van der Waals surface area contributed by atoms with E-state index in [0.717, 1.165) is 32.7 Å². The van der Waals surface area contributed by atoms with E-state index in [1.54, 1.807) is 7.11 Å². The van der Waals surface area contributed by atoms with E-state index >= 15 is 0 Å². The quantitative estimate of drug-likeness (QED) is 0.183. The lowest BCUT2D eigenvalue weighted by Gasteiger charge is -2.21. The molecule has 0 fully saturated rings. The van der Waals surface area contributed by atoms with E-state index in [2.05, 4.69) is 17.0 Å². The Labute approximate surface area is 103 Å². The molecule has 0 amide bonds. The van der Waals surface area contributed by atoms with Crippen molar-refractivity contribution in [3.8, 4) is 0 Å². The van der Waals surface area contributed by atoms with Gasteiger partial charge in [-0.05, 0) is 6.42 Å². The highest BCUT2D eigenvalue weighted by atomic mass is 16.5. The first-order chi connectivity index (χ1) is 8.24. The van der Waals surface area contributed by atoms with Crippen LogP contribution in [0.15, 0.2) is 5.16 Å². The standard InChI is InChI=1S/C11H25N3O3/c1-3-8-17-10-7-14(6-9-16-2)5-4-11(12)13-15/h15H,3-10H2,1-2H3,(H2,12,13). The van der Waals surface area contributed by atoms with Crippen LogP contribution in [-0.4, -0.2) is 62.5 Å². The van der Waals surface area contributed by atoms with Crippen LogP contribution in [0.1, 0.15) is 19.8 Å². The monoisotopic (exact) mass is 247 g/mol. The van der Waals surface area contributed by atoms with Crippen molar-refractivity contribution >= 4 is 5.84 Å². The Morgan fingerprint density at radius 2 is 1.94 bits per heavy atom. The summed E-state index contributed by atoms with van der Waals surface area (Å²) in [5.74, 6) is 0.252. The molecule has 0 aliphatic rings. The smallest absolute Gasteiger partial charge is 0.140 e. The molecule has 6 heteroatoms. The number of nitrogens with zero attached hydrogens (tertiary/aromatic N) is 2. The van der Waals surface area contributed by atoms with Gasteiger partial charge in [-0.15, -0.1) is 0 Å². The molecule has 17 heavy (non-hydrogen) atoms. The Morgan fingerprint density at radius 3 is 2.53 bits per heavy atom. The van der Waals surface area contributed by atoms with Crippen LogP contribution in [0, 0.1) is 0 Å². The van der Waals surface area contributed by atoms with Gasteiger partial charge in [-0.25, -0.2) is 0 Å². The SMILES string of the molecule is CCCOCCN(CCOC)CCC(N)=NO. The maximum absolute atomic E-state index is 8.46. The van der Waals surface area contributed by atoms with Crippen molar-refractivity contribution in [3.05, 3.63) is 0 Å². The van der Waals surface area contributed by atoms with Gasteiger partial charge in [0.2, 0.25) is 0 Å². The van der Waals surface area contributed by atoms with Gasteiger partial charge in [0.05, 0.1) is 13.2 Å². The lowest BCUT2D eigenvalue weighted by Crippen LogP contribution is -2.34. The van der Waals surface area contributed by atoms with Crippen molar-refractivity contribution in [2.75, 3.05) is 46.6 Å². The van der Waals surface area contributed by atoms with Crippen molar-refractivity contribution in [1.29, 1.82) is 0 Å². The second-order valence-corrected chi connectivity index (χ2v) is 3.79. The van der Waals surface area contributed by atoms with Crippen LogP contribution in [0.3, 0.4) is 0 Å². The van der Waals surface area contributed by atoms with Gasteiger partial charge in [0.1, 0.15) is 5.84 Å². The number of ether oxygens (including phenoxy) is 2. The maximum atomic E-state index is 8.46. The Bertz CT molecular complexity index is 200. The van der Waals surface area contributed by atoms with Crippen LogP contribution in [-0.2, 0) is 9.47 Å². The molecule has 0 rings (SSSR count). The summed E-state index contributed by atoms with van der Waals surface area (Å²) < 4.78 is 10.5. The summed E-state index contributed by atoms with van der Waals surface area (Å²) in [5.41, 5.74) is 5.44.